The molecule has 3 aromatic heterocycles. The SMILES string of the molecule is C=C(C)c1cc(C)sc1/N=C(\C)Cn1nc(-c2cccc(F)c2)c2c(P)ncnc21. The lowest BCUT2D eigenvalue weighted by Gasteiger charge is -2.04. The zero-order valence-corrected chi connectivity index (χ0v) is 18.9. The number of thiophene rings is 1. The fraction of sp³-hybridized carbons (Fsp3) is 0.182. The zero-order chi connectivity index (χ0) is 21.4. The first-order valence-corrected chi connectivity index (χ1v) is 10.8. The molecule has 0 saturated carbocycles. The Hall–Kier alpha value is -2.76. The Morgan fingerprint density at radius 1 is 1.27 bits per heavy atom. The molecule has 0 aliphatic rings. The van der Waals surface area contributed by atoms with E-state index in [9.17, 15) is 4.39 Å². The first kappa shape index (κ1) is 20.5. The molecule has 0 amide bonds. The number of aryl methyl sites for hydroxylation is 1. The fourth-order valence-corrected chi connectivity index (χ4v) is 4.65. The van der Waals surface area contributed by atoms with E-state index in [2.05, 4.69) is 38.8 Å². The van der Waals surface area contributed by atoms with Gasteiger partial charge in [0.1, 0.15) is 22.8 Å². The highest BCUT2D eigenvalue weighted by molar-refractivity contribution is 7.27. The number of halogens is 1. The standard InChI is InChI=1S/C22H21FN5PS/c1-12(2)17-8-14(4)30-22(17)26-13(3)10-28-20-18(21(29)25-11-24-20)19(27-28)15-6-5-7-16(23)9-15/h5-9,11H,1,10,29H2,2-4H3/b26-13+. The highest BCUT2D eigenvalue weighted by Gasteiger charge is 2.17. The van der Waals surface area contributed by atoms with Crippen molar-refractivity contribution in [2.24, 2.45) is 4.99 Å². The van der Waals surface area contributed by atoms with E-state index >= 15 is 0 Å². The molecule has 1 aromatic carbocycles. The first-order valence-electron chi connectivity index (χ1n) is 9.37. The van der Waals surface area contributed by atoms with E-state index < -0.39 is 0 Å². The number of nitrogens with zero attached hydrogens (tertiary/aromatic N) is 5. The molecule has 152 valence electrons. The average Bonchev–Trinajstić information content (AvgIpc) is 3.23. The van der Waals surface area contributed by atoms with Gasteiger partial charge in [-0.2, -0.15) is 5.10 Å². The van der Waals surface area contributed by atoms with Gasteiger partial charge in [0.05, 0.1) is 17.4 Å². The molecule has 0 N–H and O–H groups in total. The summed E-state index contributed by atoms with van der Waals surface area (Å²) in [5, 5.41) is 6.48. The molecule has 5 nitrogen and oxygen atoms in total. The first-order chi connectivity index (χ1) is 14.3. The molecule has 0 saturated heterocycles. The molecule has 4 aromatic rings. The van der Waals surface area contributed by atoms with Crippen LogP contribution in [0.3, 0.4) is 0 Å². The number of fused-ring (bicyclic) bond motifs is 1. The number of allylic oxidation sites excluding steroid dienone is 1. The van der Waals surface area contributed by atoms with Gasteiger partial charge in [-0.1, -0.05) is 28.0 Å². The van der Waals surface area contributed by atoms with Crippen molar-refractivity contribution >= 4 is 53.3 Å². The van der Waals surface area contributed by atoms with Gasteiger partial charge in [-0.15, -0.1) is 11.3 Å². The van der Waals surface area contributed by atoms with Gasteiger partial charge in [0.15, 0.2) is 5.65 Å². The third-order valence-electron chi connectivity index (χ3n) is 4.62. The zero-order valence-electron chi connectivity index (χ0n) is 17.0. The van der Waals surface area contributed by atoms with Crippen molar-refractivity contribution in [3.05, 3.63) is 59.5 Å². The lowest BCUT2D eigenvalue weighted by Crippen LogP contribution is -2.09. The third-order valence-corrected chi connectivity index (χ3v) is 6.01. The van der Waals surface area contributed by atoms with Crippen LogP contribution in [-0.2, 0) is 6.54 Å². The van der Waals surface area contributed by atoms with Crippen LogP contribution in [0.15, 0.2) is 48.2 Å². The summed E-state index contributed by atoms with van der Waals surface area (Å²) in [5.41, 5.74) is 5.69. The summed E-state index contributed by atoms with van der Waals surface area (Å²) in [4.78, 5) is 14.7. The highest BCUT2D eigenvalue weighted by atomic mass is 32.1. The second-order valence-electron chi connectivity index (χ2n) is 7.18. The van der Waals surface area contributed by atoms with E-state index in [1.165, 1.54) is 23.3 Å². The Morgan fingerprint density at radius 3 is 2.80 bits per heavy atom. The number of aromatic nitrogens is 4. The van der Waals surface area contributed by atoms with Crippen LogP contribution in [0.1, 0.15) is 24.3 Å². The predicted molar refractivity (Wildman–Crippen MR) is 127 cm³/mol. The van der Waals surface area contributed by atoms with Crippen LogP contribution < -0.4 is 5.44 Å². The average molecular weight is 437 g/mol. The number of benzene rings is 1. The molecule has 0 aliphatic heterocycles. The van der Waals surface area contributed by atoms with E-state index in [1.54, 1.807) is 22.1 Å². The van der Waals surface area contributed by atoms with Crippen LogP contribution >= 0.6 is 20.6 Å². The minimum Gasteiger partial charge on any atom is -0.245 e. The number of hydrogen-bond donors (Lipinski definition) is 0. The van der Waals surface area contributed by atoms with E-state index in [4.69, 9.17) is 10.1 Å². The summed E-state index contributed by atoms with van der Waals surface area (Å²) >= 11 is 1.64. The molecule has 1 atom stereocenters. The molecule has 0 bridgehead atoms. The molecule has 8 heteroatoms. The van der Waals surface area contributed by atoms with Crippen molar-refractivity contribution in [3.63, 3.8) is 0 Å². The summed E-state index contributed by atoms with van der Waals surface area (Å²) in [6.07, 6.45) is 1.51. The summed E-state index contributed by atoms with van der Waals surface area (Å²) in [6.45, 7) is 10.5. The van der Waals surface area contributed by atoms with Gasteiger partial charge in [-0.25, -0.2) is 24.0 Å². The van der Waals surface area contributed by atoms with Gasteiger partial charge in [-0.05, 0) is 44.5 Å². The normalized spacial score (nSPS) is 12.0. The number of hydrogen-bond acceptors (Lipinski definition) is 5. The Morgan fingerprint density at radius 2 is 2.07 bits per heavy atom. The second-order valence-corrected chi connectivity index (χ2v) is 8.96. The van der Waals surface area contributed by atoms with Gasteiger partial charge in [0.2, 0.25) is 0 Å². The van der Waals surface area contributed by atoms with Gasteiger partial charge in [-0.3, -0.25) is 0 Å². The summed E-state index contributed by atoms with van der Waals surface area (Å²) in [5.74, 6) is -0.310. The molecule has 3 heterocycles. The van der Waals surface area contributed by atoms with E-state index in [0.29, 0.717) is 23.4 Å². The highest BCUT2D eigenvalue weighted by Crippen LogP contribution is 2.35. The molecular formula is C22H21FN5PS. The smallest absolute Gasteiger partial charge is 0.162 e. The van der Waals surface area contributed by atoms with Gasteiger partial charge in [0, 0.05) is 21.7 Å². The number of rotatable bonds is 5. The van der Waals surface area contributed by atoms with E-state index in [1.807, 2.05) is 19.9 Å². The quantitative estimate of drug-likeness (QED) is 0.313. The maximum atomic E-state index is 13.8. The van der Waals surface area contributed by atoms with Gasteiger partial charge < -0.3 is 0 Å². The molecule has 0 fully saturated rings. The van der Waals surface area contributed by atoms with Crippen molar-refractivity contribution in [2.75, 3.05) is 0 Å². The Bertz CT molecular complexity index is 1300. The topological polar surface area (TPSA) is 56.0 Å². The molecule has 4 rings (SSSR count). The van der Waals surface area contributed by atoms with Crippen LogP contribution in [0.25, 0.3) is 27.9 Å². The minimum absolute atomic E-state index is 0.310. The largest absolute Gasteiger partial charge is 0.245 e. The molecule has 0 radical (unpaired) electrons. The van der Waals surface area contributed by atoms with Gasteiger partial charge in [0.25, 0.3) is 0 Å². The van der Waals surface area contributed by atoms with Crippen molar-refractivity contribution in [1.29, 1.82) is 0 Å². The molecular weight excluding hydrogens is 416 g/mol. The molecule has 0 spiro atoms. The lowest BCUT2D eigenvalue weighted by molar-refractivity contribution is 0.628. The van der Waals surface area contributed by atoms with E-state index in [0.717, 1.165) is 32.7 Å². The van der Waals surface area contributed by atoms with Crippen LogP contribution in [0.2, 0.25) is 0 Å². The lowest BCUT2D eigenvalue weighted by atomic mass is 10.1. The number of aliphatic imine (C=N–C) groups is 1. The fourth-order valence-electron chi connectivity index (χ4n) is 3.29. The summed E-state index contributed by atoms with van der Waals surface area (Å²) < 4.78 is 15.6. The Kier molecular flexibility index (Phi) is 5.58. The van der Waals surface area contributed by atoms with Crippen molar-refractivity contribution in [1.82, 2.24) is 19.7 Å². The van der Waals surface area contributed by atoms with Crippen molar-refractivity contribution in [2.45, 2.75) is 27.3 Å². The monoisotopic (exact) mass is 437 g/mol. The van der Waals surface area contributed by atoms with Crippen LogP contribution in [0.5, 0.6) is 0 Å². The van der Waals surface area contributed by atoms with Crippen LogP contribution in [-0.4, -0.2) is 25.5 Å². The second kappa shape index (κ2) is 8.17. The van der Waals surface area contributed by atoms with Crippen molar-refractivity contribution in [3.8, 4) is 11.3 Å². The predicted octanol–water partition coefficient (Wildman–Crippen LogP) is 5.33. The minimum atomic E-state index is -0.310. The summed E-state index contributed by atoms with van der Waals surface area (Å²) in [6, 6.07) is 8.50. The molecule has 1 unspecified atom stereocenters. The van der Waals surface area contributed by atoms with Gasteiger partial charge >= 0.3 is 0 Å². The van der Waals surface area contributed by atoms with Crippen molar-refractivity contribution < 1.29 is 4.39 Å². The van der Waals surface area contributed by atoms with Crippen LogP contribution in [0, 0.1) is 12.7 Å². The Balaban J connectivity index is 1.79. The summed E-state index contributed by atoms with van der Waals surface area (Å²) in [7, 11) is 2.61. The maximum Gasteiger partial charge on any atom is 0.162 e. The Labute approximate surface area is 180 Å². The van der Waals surface area contributed by atoms with Crippen LogP contribution in [0.4, 0.5) is 9.39 Å². The third kappa shape index (κ3) is 3.95. The van der Waals surface area contributed by atoms with E-state index in [-0.39, 0.29) is 5.82 Å². The maximum absolute atomic E-state index is 13.8. The molecule has 30 heavy (non-hydrogen) atoms. The molecule has 0 aliphatic carbocycles.